The second-order valence-electron chi connectivity index (χ2n) is 10.4. The molecule has 1 atom stereocenters. The van der Waals surface area contributed by atoms with Crippen molar-refractivity contribution in [1.29, 1.82) is 0 Å². The van der Waals surface area contributed by atoms with E-state index in [9.17, 15) is 19.2 Å². The number of rotatable bonds is 7. The van der Waals surface area contributed by atoms with Crippen LogP contribution in [0.4, 0.5) is 0 Å². The van der Waals surface area contributed by atoms with E-state index in [0.29, 0.717) is 23.5 Å². The van der Waals surface area contributed by atoms with Gasteiger partial charge in [-0.05, 0) is 42.4 Å². The highest BCUT2D eigenvalue weighted by Crippen LogP contribution is 2.41. The van der Waals surface area contributed by atoms with Crippen molar-refractivity contribution in [3.05, 3.63) is 99.3 Å². The topological polar surface area (TPSA) is 129 Å². The van der Waals surface area contributed by atoms with Crippen LogP contribution in [0.2, 0.25) is 0 Å². The zero-order valence-corrected chi connectivity index (χ0v) is 24.2. The number of carbonyl (C=O) groups excluding carboxylic acids is 3. The molecule has 4 heterocycles. The number of amides is 1. The first-order valence-electron chi connectivity index (χ1n) is 14.0. The summed E-state index contributed by atoms with van der Waals surface area (Å²) in [5.41, 5.74) is 2.22. The molecule has 1 amide bonds. The molecule has 2 aliphatic heterocycles. The molecule has 0 unspecified atom stereocenters. The standard InChI is InChI=1S/C32H28N4O6S/c1-2-32(42-27(38)12-13-33-31(43)35-26(37)14-19-8-4-3-5-9-19)23-16-25-28-21(15-20-10-6-7-11-24(20)34-28)17-36(25)29(39)22(23)18-41-30(32)40/h3-11,15-16H,2,12-14,17-18H2,1H3,(H2,33,35,37,43)/t32-/m0/s1. The maximum Gasteiger partial charge on any atom is 0.355 e. The molecule has 6 rings (SSSR count). The quantitative estimate of drug-likeness (QED) is 0.215. The maximum atomic E-state index is 13.7. The Labute approximate surface area is 252 Å². The van der Waals surface area contributed by atoms with Crippen molar-refractivity contribution in [2.24, 2.45) is 0 Å². The lowest BCUT2D eigenvalue weighted by Crippen LogP contribution is -2.48. The van der Waals surface area contributed by atoms with Crippen LogP contribution in [0.15, 0.2) is 71.5 Å². The first-order valence-corrected chi connectivity index (χ1v) is 14.4. The number of para-hydroxylation sites is 1. The minimum Gasteiger partial charge on any atom is -0.457 e. The number of hydrogen-bond acceptors (Lipinski definition) is 8. The molecule has 2 aromatic heterocycles. The van der Waals surface area contributed by atoms with Crippen LogP contribution in [0.25, 0.3) is 22.3 Å². The number of cyclic esters (lactones) is 1. The third-order valence-corrected chi connectivity index (χ3v) is 7.99. The highest BCUT2D eigenvalue weighted by Gasteiger charge is 2.50. The van der Waals surface area contributed by atoms with E-state index < -0.39 is 17.5 Å². The summed E-state index contributed by atoms with van der Waals surface area (Å²) < 4.78 is 12.8. The molecule has 10 nitrogen and oxygen atoms in total. The number of aromatic nitrogens is 2. The molecular weight excluding hydrogens is 568 g/mol. The summed E-state index contributed by atoms with van der Waals surface area (Å²) in [7, 11) is 0. The molecule has 0 radical (unpaired) electrons. The molecule has 2 N–H and O–H groups in total. The van der Waals surface area contributed by atoms with Crippen LogP contribution in [-0.4, -0.2) is 39.1 Å². The third-order valence-electron chi connectivity index (χ3n) is 7.75. The Morgan fingerprint density at radius 3 is 2.65 bits per heavy atom. The van der Waals surface area contributed by atoms with Crippen molar-refractivity contribution in [3.8, 4) is 11.4 Å². The molecule has 2 aromatic carbocycles. The summed E-state index contributed by atoms with van der Waals surface area (Å²) >= 11 is 5.18. The van der Waals surface area contributed by atoms with Crippen molar-refractivity contribution in [2.45, 2.75) is 44.9 Å². The van der Waals surface area contributed by atoms with Gasteiger partial charge in [-0.3, -0.25) is 14.4 Å². The lowest BCUT2D eigenvalue weighted by Gasteiger charge is -2.35. The number of hydrogen-bond donors (Lipinski definition) is 2. The van der Waals surface area contributed by atoms with Gasteiger partial charge in [0.15, 0.2) is 5.11 Å². The number of nitrogens with one attached hydrogen (secondary N) is 2. The Bertz CT molecular complexity index is 1850. The van der Waals surface area contributed by atoms with Gasteiger partial charge >= 0.3 is 11.9 Å². The van der Waals surface area contributed by atoms with E-state index in [4.69, 9.17) is 26.7 Å². The van der Waals surface area contributed by atoms with E-state index in [-0.39, 0.29) is 54.6 Å². The summed E-state index contributed by atoms with van der Waals surface area (Å²) in [5.74, 6) is -1.72. The average molecular weight is 597 g/mol. The van der Waals surface area contributed by atoms with Gasteiger partial charge in [-0.25, -0.2) is 9.78 Å². The van der Waals surface area contributed by atoms with E-state index in [0.717, 1.165) is 22.0 Å². The predicted octanol–water partition coefficient (Wildman–Crippen LogP) is 3.25. The van der Waals surface area contributed by atoms with Crippen LogP contribution in [0.3, 0.4) is 0 Å². The van der Waals surface area contributed by atoms with Crippen molar-refractivity contribution >= 4 is 46.1 Å². The fourth-order valence-electron chi connectivity index (χ4n) is 5.60. The number of carbonyl (C=O) groups is 3. The minimum atomic E-state index is -1.79. The van der Waals surface area contributed by atoms with Gasteiger partial charge in [0.2, 0.25) is 11.5 Å². The molecule has 2 aliphatic rings. The fraction of sp³-hybridized carbons (Fsp3) is 0.250. The number of ether oxygens (including phenoxy) is 2. The number of esters is 2. The molecular formula is C32H28N4O6S. The number of nitrogens with zero attached hydrogens (tertiary/aromatic N) is 2. The third kappa shape index (κ3) is 5.27. The molecule has 4 aromatic rings. The van der Waals surface area contributed by atoms with E-state index in [1.165, 1.54) is 0 Å². The smallest absolute Gasteiger partial charge is 0.355 e. The van der Waals surface area contributed by atoms with E-state index >= 15 is 0 Å². The van der Waals surface area contributed by atoms with E-state index in [1.54, 1.807) is 17.6 Å². The maximum absolute atomic E-state index is 13.7. The van der Waals surface area contributed by atoms with Gasteiger partial charge < -0.3 is 24.7 Å². The highest BCUT2D eigenvalue weighted by molar-refractivity contribution is 7.80. The summed E-state index contributed by atoms with van der Waals surface area (Å²) in [5, 5.41) is 6.44. The van der Waals surface area contributed by atoms with Gasteiger partial charge in [0.05, 0.1) is 41.9 Å². The van der Waals surface area contributed by atoms with Gasteiger partial charge in [-0.1, -0.05) is 55.5 Å². The molecule has 0 fully saturated rings. The normalized spacial score (nSPS) is 16.4. The lowest BCUT2D eigenvalue weighted by atomic mass is 9.85. The molecule has 218 valence electrons. The van der Waals surface area contributed by atoms with Crippen LogP contribution in [0.5, 0.6) is 0 Å². The van der Waals surface area contributed by atoms with Crippen molar-refractivity contribution < 1.29 is 23.9 Å². The van der Waals surface area contributed by atoms with Crippen LogP contribution in [-0.2, 0) is 49.0 Å². The van der Waals surface area contributed by atoms with E-state index in [2.05, 4.69) is 10.6 Å². The predicted molar refractivity (Wildman–Crippen MR) is 162 cm³/mol. The SMILES string of the molecule is CC[C@@]1(OC(=O)CCNC(=S)NC(=O)Cc2ccccc2)C(=O)OCc2c1cc1n(c2=O)Cc2cc3ccccc3nc2-1. The molecule has 43 heavy (non-hydrogen) atoms. The van der Waals surface area contributed by atoms with Gasteiger partial charge in [0, 0.05) is 23.1 Å². The second kappa shape index (κ2) is 11.4. The number of thiocarbonyl (C=S) groups is 1. The Kier molecular flexibility index (Phi) is 7.49. The minimum absolute atomic E-state index is 0.0577. The van der Waals surface area contributed by atoms with Crippen molar-refractivity contribution in [1.82, 2.24) is 20.2 Å². The van der Waals surface area contributed by atoms with Crippen molar-refractivity contribution in [2.75, 3.05) is 6.54 Å². The van der Waals surface area contributed by atoms with Gasteiger partial charge in [-0.2, -0.15) is 0 Å². The molecule has 0 saturated carbocycles. The van der Waals surface area contributed by atoms with Crippen LogP contribution in [0, 0.1) is 0 Å². The van der Waals surface area contributed by atoms with E-state index in [1.807, 2.05) is 60.7 Å². The van der Waals surface area contributed by atoms with Crippen LogP contribution < -0.4 is 16.2 Å². The largest absolute Gasteiger partial charge is 0.457 e. The number of pyridine rings is 2. The van der Waals surface area contributed by atoms with Gasteiger partial charge in [-0.15, -0.1) is 0 Å². The molecule has 11 heteroatoms. The number of fused-ring (bicyclic) bond motifs is 5. The number of benzene rings is 2. The van der Waals surface area contributed by atoms with Gasteiger partial charge in [0.1, 0.15) is 6.61 Å². The first-order chi connectivity index (χ1) is 20.8. The average Bonchev–Trinajstić information content (AvgIpc) is 3.35. The van der Waals surface area contributed by atoms with Gasteiger partial charge in [0.25, 0.3) is 5.56 Å². The Morgan fingerprint density at radius 2 is 1.86 bits per heavy atom. The Hall–Kier alpha value is -4.90. The Balaban J connectivity index is 1.19. The van der Waals surface area contributed by atoms with Crippen LogP contribution >= 0.6 is 12.2 Å². The highest BCUT2D eigenvalue weighted by atomic mass is 32.1. The lowest BCUT2D eigenvalue weighted by molar-refractivity contribution is -0.189. The second-order valence-corrected chi connectivity index (χ2v) is 10.9. The first kappa shape index (κ1) is 28.2. The van der Waals surface area contributed by atoms with Crippen LogP contribution in [0.1, 0.15) is 42.0 Å². The summed E-state index contributed by atoms with van der Waals surface area (Å²) in [6, 6.07) is 20.7. The Morgan fingerprint density at radius 1 is 1.09 bits per heavy atom. The summed E-state index contributed by atoms with van der Waals surface area (Å²) in [4.78, 5) is 57.0. The molecule has 0 spiro atoms. The summed E-state index contributed by atoms with van der Waals surface area (Å²) in [6.45, 7) is 1.89. The zero-order chi connectivity index (χ0) is 30.1. The van der Waals surface area contributed by atoms with Crippen molar-refractivity contribution in [3.63, 3.8) is 0 Å². The molecule has 0 aliphatic carbocycles. The summed E-state index contributed by atoms with van der Waals surface area (Å²) in [6.07, 6.45) is 0.0668. The molecule has 0 bridgehead atoms. The zero-order valence-electron chi connectivity index (χ0n) is 23.3. The fourth-order valence-corrected chi connectivity index (χ4v) is 5.82. The monoisotopic (exact) mass is 596 g/mol. The molecule has 0 saturated heterocycles.